The summed E-state index contributed by atoms with van der Waals surface area (Å²) in [6, 6.07) is 6.33. The van der Waals surface area contributed by atoms with Gasteiger partial charge in [0.15, 0.2) is 5.76 Å². The third-order valence-electron chi connectivity index (χ3n) is 4.47. The molecule has 0 atom stereocenters. The Balaban J connectivity index is 1.73. The van der Waals surface area contributed by atoms with Crippen molar-refractivity contribution in [3.05, 3.63) is 57.5 Å². The number of hydrogen-bond donors (Lipinski definition) is 3. The maximum atomic E-state index is 12.6. The van der Waals surface area contributed by atoms with E-state index in [0.29, 0.717) is 46.0 Å². The van der Waals surface area contributed by atoms with Gasteiger partial charge in [0, 0.05) is 28.1 Å². The lowest BCUT2D eigenvalue weighted by molar-refractivity contribution is 0.0829. The van der Waals surface area contributed by atoms with Crippen molar-refractivity contribution in [1.29, 1.82) is 0 Å². The summed E-state index contributed by atoms with van der Waals surface area (Å²) in [6.07, 6.45) is 1.36. The van der Waals surface area contributed by atoms with Crippen LogP contribution < -0.4 is 16.3 Å². The largest absolute Gasteiger partial charge is 0.455 e. The molecule has 0 spiro atoms. The number of aryl methyl sites for hydroxylation is 1. The number of rotatable bonds is 4. The van der Waals surface area contributed by atoms with Crippen LogP contribution in [0.2, 0.25) is 5.02 Å². The van der Waals surface area contributed by atoms with E-state index in [4.69, 9.17) is 20.8 Å². The van der Waals surface area contributed by atoms with Crippen LogP contribution in [0.5, 0.6) is 0 Å². The lowest BCUT2D eigenvalue weighted by Crippen LogP contribution is -2.41. The summed E-state index contributed by atoms with van der Waals surface area (Å²) in [5.74, 6) is -0.442. The number of amides is 3. The van der Waals surface area contributed by atoms with Crippen LogP contribution in [0.3, 0.4) is 0 Å². The average Bonchev–Trinajstić information content (AvgIpc) is 3.08. The van der Waals surface area contributed by atoms with Crippen molar-refractivity contribution >= 4 is 35.2 Å². The highest BCUT2D eigenvalue weighted by Crippen LogP contribution is 2.29. The highest BCUT2D eigenvalue weighted by atomic mass is 35.5. The zero-order chi connectivity index (χ0) is 21.7. The van der Waals surface area contributed by atoms with Crippen LogP contribution in [0.4, 0.5) is 4.79 Å². The molecule has 3 rings (SSSR count). The Kier molecular flexibility index (Phi) is 6.73. The molecule has 2 aromatic rings. The van der Waals surface area contributed by atoms with E-state index in [1.54, 1.807) is 32.0 Å². The van der Waals surface area contributed by atoms with E-state index in [1.807, 2.05) is 0 Å². The van der Waals surface area contributed by atoms with Gasteiger partial charge in [0.05, 0.1) is 12.3 Å². The molecule has 30 heavy (non-hydrogen) atoms. The van der Waals surface area contributed by atoms with Crippen molar-refractivity contribution in [3.63, 3.8) is 0 Å². The van der Waals surface area contributed by atoms with Gasteiger partial charge in [0.2, 0.25) is 0 Å². The summed E-state index contributed by atoms with van der Waals surface area (Å²) >= 11 is 5.88. The van der Waals surface area contributed by atoms with Crippen molar-refractivity contribution in [2.75, 3.05) is 6.61 Å². The summed E-state index contributed by atoms with van der Waals surface area (Å²) in [6.45, 7) is 3.65. The molecule has 0 saturated carbocycles. The van der Waals surface area contributed by atoms with Crippen LogP contribution in [0.1, 0.15) is 57.6 Å². The summed E-state index contributed by atoms with van der Waals surface area (Å²) in [4.78, 5) is 36.3. The molecule has 3 amide bonds. The molecule has 158 valence electrons. The van der Waals surface area contributed by atoms with Gasteiger partial charge < -0.3 is 9.15 Å². The Bertz CT molecular complexity index is 1010. The van der Waals surface area contributed by atoms with Gasteiger partial charge in [-0.3, -0.25) is 20.4 Å². The molecular formula is C20H21ClN4O5. The Morgan fingerprint density at radius 1 is 1.20 bits per heavy atom. The highest BCUT2D eigenvalue weighted by Gasteiger charge is 2.28. The second kappa shape index (κ2) is 9.45. The molecule has 0 radical (unpaired) electrons. The number of carbonyl (C=O) groups is 3. The minimum Gasteiger partial charge on any atom is -0.455 e. The number of ether oxygens (including phenoxy) is 1. The maximum Gasteiger partial charge on any atom is 0.427 e. The normalized spacial score (nSPS) is 14.0. The molecule has 1 aliphatic carbocycles. The van der Waals surface area contributed by atoms with Crippen LogP contribution in [0, 0.1) is 6.92 Å². The summed E-state index contributed by atoms with van der Waals surface area (Å²) in [7, 11) is 0. The van der Waals surface area contributed by atoms with Gasteiger partial charge in [-0.05, 0) is 44.9 Å². The first-order chi connectivity index (χ1) is 14.4. The molecule has 0 unspecified atom stereocenters. The van der Waals surface area contributed by atoms with Gasteiger partial charge in [0.1, 0.15) is 5.76 Å². The number of fused-ring (bicyclic) bond motifs is 1. The molecule has 0 saturated heterocycles. The van der Waals surface area contributed by atoms with Crippen LogP contribution >= 0.6 is 11.6 Å². The second-order valence-corrected chi connectivity index (χ2v) is 6.95. The lowest BCUT2D eigenvalue weighted by Gasteiger charge is -2.13. The molecule has 9 nitrogen and oxygen atoms in total. The summed E-state index contributed by atoms with van der Waals surface area (Å²) in [5.41, 5.74) is 9.18. The van der Waals surface area contributed by atoms with Gasteiger partial charge in [0.25, 0.3) is 5.91 Å². The van der Waals surface area contributed by atoms with Crippen LogP contribution in [-0.4, -0.2) is 30.2 Å². The smallest absolute Gasteiger partial charge is 0.427 e. The van der Waals surface area contributed by atoms with Gasteiger partial charge in [-0.25, -0.2) is 10.2 Å². The maximum absolute atomic E-state index is 12.6. The molecule has 3 N–H and O–H groups in total. The quantitative estimate of drug-likeness (QED) is 0.641. The lowest BCUT2D eigenvalue weighted by atomic mass is 9.93. The van der Waals surface area contributed by atoms with E-state index in [0.717, 1.165) is 6.42 Å². The molecule has 0 bridgehead atoms. The second-order valence-electron chi connectivity index (χ2n) is 6.52. The Hall–Kier alpha value is -3.33. The van der Waals surface area contributed by atoms with Crippen LogP contribution in [0.25, 0.3) is 0 Å². The number of nitrogens with zero attached hydrogens (tertiary/aromatic N) is 1. The Morgan fingerprint density at radius 3 is 2.70 bits per heavy atom. The number of furan rings is 1. The van der Waals surface area contributed by atoms with Crippen LogP contribution in [-0.2, 0) is 11.2 Å². The standard InChI is InChI=1S/C20H21ClN4O5/c1-3-29-20(28)25-22-14-8-5-9-15-16(14)11(2)17(30-15)19(27)24-23-18(26)12-6-4-7-13(21)10-12/h4,6-7,10H,3,5,8-9H2,1-2H3,(H,23,26)(H,24,27)(H,25,28)/b22-14+. The van der Waals surface area contributed by atoms with E-state index >= 15 is 0 Å². The molecule has 0 aliphatic heterocycles. The molecule has 1 aromatic carbocycles. The third kappa shape index (κ3) is 4.80. The minimum absolute atomic E-state index is 0.0668. The first-order valence-electron chi connectivity index (χ1n) is 9.39. The monoisotopic (exact) mass is 432 g/mol. The predicted octanol–water partition coefficient (Wildman–Crippen LogP) is 3.10. The molecule has 10 heteroatoms. The number of hydrogen-bond acceptors (Lipinski definition) is 6. The SMILES string of the molecule is CCOC(=O)N/N=C1\CCCc2oc(C(=O)NNC(=O)c3cccc(Cl)c3)c(C)c21. The fourth-order valence-corrected chi connectivity index (χ4v) is 3.34. The Labute approximate surface area is 177 Å². The van der Waals surface area contributed by atoms with Crippen LogP contribution in [0.15, 0.2) is 33.8 Å². The Morgan fingerprint density at radius 2 is 1.97 bits per heavy atom. The molecule has 0 fully saturated rings. The molecule has 1 aromatic heterocycles. The van der Waals surface area contributed by atoms with Crippen molar-refractivity contribution in [2.45, 2.75) is 33.1 Å². The minimum atomic E-state index is -0.653. The zero-order valence-corrected chi connectivity index (χ0v) is 17.3. The van der Waals surface area contributed by atoms with E-state index in [9.17, 15) is 14.4 Å². The molecule has 1 aliphatic rings. The summed E-state index contributed by atoms with van der Waals surface area (Å²) in [5, 5.41) is 4.53. The fourth-order valence-electron chi connectivity index (χ4n) is 3.15. The highest BCUT2D eigenvalue weighted by molar-refractivity contribution is 6.31. The predicted molar refractivity (Wildman–Crippen MR) is 109 cm³/mol. The fraction of sp³-hybridized carbons (Fsp3) is 0.300. The summed E-state index contributed by atoms with van der Waals surface area (Å²) < 4.78 is 10.5. The number of benzene rings is 1. The molecular weight excluding hydrogens is 412 g/mol. The van der Waals surface area contributed by atoms with Crippen molar-refractivity contribution in [2.24, 2.45) is 5.10 Å². The van der Waals surface area contributed by atoms with Gasteiger partial charge in [-0.1, -0.05) is 17.7 Å². The number of hydrazine groups is 1. The van der Waals surface area contributed by atoms with Crippen molar-refractivity contribution in [1.82, 2.24) is 16.3 Å². The van der Waals surface area contributed by atoms with Gasteiger partial charge >= 0.3 is 12.0 Å². The first-order valence-corrected chi connectivity index (χ1v) is 9.76. The zero-order valence-electron chi connectivity index (χ0n) is 16.5. The first kappa shape index (κ1) is 21.4. The number of halogens is 1. The average molecular weight is 433 g/mol. The van der Waals surface area contributed by atoms with Gasteiger partial charge in [-0.2, -0.15) is 5.10 Å². The van der Waals surface area contributed by atoms with E-state index in [2.05, 4.69) is 21.4 Å². The van der Waals surface area contributed by atoms with Crippen molar-refractivity contribution in [3.8, 4) is 0 Å². The molecule has 1 heterocycles. The van der Waals surface area contributed by atoms with Gasteiger partial charge in [-0.15, -0.1) is 0 Å². The van der Waals surface area contributed by atoms with E-state index in [1.165, 1.54) is 6.07 Å². The number of carbonyl (C=O) groups excluding carboxylic acids is 3. The number of nitrogens with one attached hydrogen (secondary N) is 3. The third-order valence-corrected chi connectivity index (χ3v) is 4.70. The topological polar surface area (TPSA) is 122 Å². The van der Waals surface area contributed by atoms with Crippen molar-refractivity contribution < 1.29 is 23.5 Å². The number of hydrazone groups is 1. The van der Waals surface area contributed by atoms with E-state index < -0.39 is 17.9 Å². The van der Waals surface area contributed by atoms with E-state index in [-0.39, 0.29) is 12.4 Å².